The number of nitrogens with one attached hydrogen (secondary N) is 2. The maximum atomic E-state index is 11.8. The lowest BCUT2D eigenvalue weighted by molar-refractivity contribution is -0.123. The monoisotopic (exact) mass is 327 g/mol. The number of likely N-dealkylation sites (tertiary alicyclic amines) is 1. The Balaban J connectivity index is 0.00000180. The van der Waals surface area contributed by atoms with Crippen LogP contribution in [0.2, 0.25) is 0 Å². The summed E-state index contributed by atoms with van der Waals surface area (Å²) in [5, 5.41) is 15.3. The van der Waals surface area contributed by atoms with Gasteiger partial charge < -0.3 is 20.6 Å². The molecule has 0 spiro atoms. The van der Waals surface area contributed by atoms with Gasteiger partial charge in [-0.2, -0.15) is 0 Å². The highest BCUT2D eigenvalue weighted by Crippen LogP contribution is 2.14. The molecule has 3 unspecified atom stereocenters. The van der Waals surface area contributed by atoms with Crippen LogP contribution < -0.4 is 10.6 Å². The number of aliphatic hydroxyl groups is 1. The van der Waals surface area contributed by atoms with Crippen molar-refractivity contribution in [1.82, 2.24) is 15.5 Å². The van der Waals surface area contributed by atoms with E-state index in [-0.39, 0.29) is 42.9 Å². The van der Waals surface area contributed by atoms with Crippen molar-refractivity contribution in [2.45, 2.75) is 38.3 Å². The summed E-state index contributed by atoms with van der Waals surface area (Å²) < 4.78 is 0. The van der Waals surface area contributed by atoms with E-state index in [1.165, 1.54) is 12.8 Å². The lowest BCUT2D eigenvalue weighted by Crippen LogP contribution is -2.44. The molecule has 2 aliphatic heterocycles. The van der Waals surface area contributed by atoms with Crippen molar-refractivity contribution in [1.29, 1.82) is 0 Å². The highest BCUT2D eigenvalue weighted by molar-refractivity contribution is 5.85. The molecule has 0 bridgehead atoms. The predicted molar refractivity (Wildman–Crippen MR) is 84.8 cm³/mol. The molecule has 2 rings (SSSR count). The normalized spacial score (nSPS) is 30.2. The van der Waals surface area contributed by atoms with Crippen molar-refractivity contribution in [3.8, 4) is 0 Å². The lowest BCUT2D eigenvalue weighted by atomic mass is 10.0. The maximum absolute atomic E-state index is 11.8. The maximum Gasteiger partial charge on any atom is 0.237 e. The largest absolute Gasteiger partial charge is 0.392 e. The van der Waals surface area contributed by atoms with E-state index in [1.54, 1.807) is 0 Å². The van der Waals surface area contributed by atoms with Crippen molar-refractivity contribution in [2.24, 2.45) is 5.92 Å². The number of carbonyl (C=O) groups excluding carboxylic acids is 1. The Morgan fingerprint density at radius 3 is 2.80 bits per heavy atom. The molecule has 7 heteroatoms. The van der Waals surface area contributed by atoms with Gasteiger partial charge in [-0.1, -0.05) is 6.92 Å². The second-order valence-corrected chi connectivity index (χ2v) is 5.69. The van der Waals surface area contributed by atoms with Crippen LogP contribution >= 0.6 is 24.8 Å². The van der Waals surface area contributed by atoms with Crippen LogP contribution in [0.4, 0.5) is 0 Å². The summed E-state index contributed by atoms with van der Waals surface area (Å²) in [6, 6.07) is -0.208. The Kier molecular flexibility index (Phi) is 9.76. The van der Waals surface area contributed by atoms with Gasteiger partial charge in [-0.15, -0.1) is 24.8 Å². The van der Waals surface area contributed by atoms with Crippen LogP contribution in [0.15, 0.2) is 0 Å². The van der Waals surface area contributed by atoms with Gasteiger partial charge in [0.25, 0.3) is 0 Å². The Hall–Kier alpha value is -0.0700. The number of aliphatic hydroxyl groups excluding tert-OH is 1. The fourth-order valence-corrected chi connectivity index (χ4v) is 2.87. The first-order valence-electron chi connectivity index (χ1n) is 7.06. The van der Waals surface area contributed by atoms with Crippen molar-refractivity contribution in [3.05, 3.63) is 0 Å². The van der Waals surface area contributed by atoms with E-state index in [9.17, 15) is 9.90 Å². The van der Waals surface area contributed by atoms with Gasteiger partial charge >= 0.3 is 0 Å². The van der Waals surface area contributed by atoms with Crippen molar-refractivity contribution in [3.63, 3.8) is 0 Å². The second kappa shape index (κ2) is 9.79. The number of β-amino-alcohol motifs (C(OH)–C–C–N with tert-alkyl or cyclic N) is 1. The zero-order chi connectivity index (χ0) is 13.0. The highest BCUT2D eigenvalue weighted by Gasteiger charge is 2.27. The third-order valence-electron chi connectivity index (χ3n) is 3.89. The number of nitrogens with zero attached hydrogens (tertiary/aromatic N) is 1. The molecule has 2 aliphatic rings. The summed E-state index contributed by atoms with van der Waals surface area (Å²) in [7, 11) is 0. The lowest BCUT2D eigenvalue weighted by Gasteiger charge is -2.30. The number of amides is 1. The van der Waals surface area contributed by atoms with Gasteiger partial charge in [-0.3, -0.25) is 4.79 Å². The van der Waals surface area contributed by atoms with Crippen LogP contribution in [0.5, 0.6) is 0 Å². The molecular weight excluding hydrogens is 301 g/mol. The molecule has 2 heterocycles. The van der Waals surface area contributed by atoms with Crippen molar-refractivity contribution >= 4 is 30.7 Å². The van der Waals surface area contributed by atoms with E-state index in [0.717, 1.165) is 25.6 Å². The van der Waals surface area contributed by atoms with Crippen LogP contribution in [0.3, 0.4) is 0 Å². The molecular formula is C13H27Cl2N3O2. The topological polar surface area (TPSA) is 64.6 Å². The zero-order valence-electron chi connectivity index (χ0n) is 12.0. The fraction of sp³-hybridized carbons (Fsp3) is 0.923. The minimum atomic E-state index is -0.372. The molecule has 0 aromatic carbocycles. The van der Waals surface area contributed by atoms with Crippen molar-refractivity contribution < 1.29 is 9.90 Å². The molecule has 3 atom stereocenters. The first kappa shape index (κ1) is 19.9. The fourth-order valence-electron chi connectivity index (χ4n) is 2.87. The van der Waals surface area contributed by atoms with E-state index in [1.807, 2.05) is 0 Å². The van der Waals surface area contributed by atoms with E-state index < -0.39 is 0 Å². The van der Waals surface area contributed by atoms with Crippen LogP contribution in [0.1, 0.15) is 26.2 Å². The number of piperidine rings is 1. The minimum Gasteiger partial charge on any atom is -0.392 e. The second-order valence-electron chi connectivity index (χ2n) is 5.69. The number of hydrogen-bond donors (Lipinski definition) is 3. The average Bonchev–Trinajstić information content (AvgIpc) is 2.76. The van der Waals surface area contributed by atoms with Gasteiger partial charge in [-0.25, -0.2) is 0 Å². The number of rotatable bonds is 4. The molecule has 1 amide bonds. The molecule has 120 valence electrons. The average molecular weight is 328 g/mol. The minimum absolute atomic E-state index is 0. The summed E-state index contributed by atoms with van der Waals surface area (Å²) in [6.45, 7) is 6.76. The molecule has 2 saturated heterocycles. The molecule has 0 aliphatic carbocycles. The first-order valence-corrected chi connectivity index (χ1v) is 7.06. The van der Waals surface area contributed by atoms with Crippen LogP contribution in [-0.2, 0) is 4.79 Å². The third-order valence-corrected chi connectivity index (χ3v) is 3.89. The molecule has 3 N–H and O–H groups in total. The summed E-state index contributed by atoms with van der Waals surface area (Å²) >= 11 is 0. The quantitative estimate of drug-likeness (QED) is 0.699. The Bertz CT molecular complexity index is 295. The van der Waals surface area contributed by atoms with Crippen LogP contribution in [-0.4, -0.2) is 60.8 Å². The first-order chi connectivity index (χ1) is 8.65. The molecule has 20 heavy (non-hydrogen) atoms. The standard InChI is InChI=1S/C13H25N3O2.2ClH/c1-10-3-2-5-16(9-10)6-4-14-13(18)12-7-11(17)8-15-12;;/h10-12,15,17H,2-9H2,1H3,(H,14,18);2*1H. The number of halogens is 2. The van der Waals surface area contributed by atoms with E-state index >= 15 is 0 Å². The van der Waals surface area contributed by atoms with Gasteiger partial charge in [0.2, 0.25) is 5.91 Å². The summed E-state index contributed by atoms with van der Waals surface area (Å²) in [5.41, 5.74) is 0. The van der Waals surface area contributed by atoms with Gasteiger partial charge in [0.05, 0.1) is 12.1 Å². The number of hydrogen-bond acceptors (Lipinski definition) is 4. The Morgan fingerprint density at radius 1 is 1.45 bits per heavy atom. The molecule has 2 fully saturated rings. The summed E-state index contributed by atoms with van der Waals surface area (Å²) in [6.07, 6.45) is 2.76. The molecule has 0 saturated carbocycles. The summed E-state index contributed by atoms with van der Waals surface area (Å²) in [4.78, 5) is 14.2. The third kappa shape index (κ3) is 6.14. The molecule has 5 nitrogen and oxygen atoms in total. The molecule has 0 aromatic heterocycles. The zero-order valence-corrected chi connectivity index (χ0v) is 13.6. The van der Waals surface area contributed by atoms with Crippen molar-refractivity contribution in [2.75, 3.05) is 32.7 Å². The Morgan fingerprint density at radius 2 is 2.20 bits per heavy atom. The van der Waals surface area contributed by atoms with E-state index in [0.29, 0.717) is 19.5 Å². The van der Waals surface area contributed by atoms with Gasteiger partial charge in [0, 0.05) is 26.2 Å². The SMILES string of the molecule is CC1CCCN(CCNC(=O)C2CC(O)CN2)C1.Cl.Cl. The Labute approximate surface area is 133 Å². The van der Waals surface area contributed by atoms with E-state index in [2.05, 4.69) is 22.5 Å². The van der Waals surface area contributed by atoms with Gasteiger partial charge in [0.1, 0.15) is 0 Å². The van der Waals surface area contributed by atoms with E-state index in [4.69, 9.17) is 0 Å². The number of carbonyl (C=O) groups is 1. The van der Waals surface area contributed by atoms with Crippen LogP contribution in [0.25, 0.3) is 0 Å². The van der Waals surface area contributed by atoms with Gasteiger partial charge in [-0.05, 0) is 31.7 Å². The van der Waals surface area contributed by atoms with Gasteiger partial charge in [0.15, 0.2) is 0 Å². The summed E-state index contributed by atoms with van der Waals surface area (Å²) in [5.74, 6) is 0.803. The van der Waals surface area contributed by atoms with Crippen LogP contribution in [0, 0.1) is 5.92 Å². The smallest absolute Gasteiger partial charge is 0.237 e. The molecule has 0 radical (unpaired) electrons. The predicted octanol–water partition coefficient (Wildman–Crippen LogP) is 0.401. The molecule has 0 aromatic rings. The highest BCUT2D eigenvalue weighted by atomic mass is 35.5.